The Labute approximate surface area is 167 Å². The normalized spacial score (nSPS) is 12.8. The summed E-state index contributed by atoms with van der Waals surface area (Å²) in [5, 5.41) is 10.9. The van der Waals surface area contributed by atoms with Crippen LogP contribution in [0.15, 0.2) is 41.7 Å². The average molecular weight is 386 g/mol. The highest BCUT2D eigenvalue weighted by Crippen LogP contribution is 2.16. The Morgan fingerprint density at radius 2 is 1.86 bits per heavy atom. The van der Waals surface area contributed by atoms with Crippen LogP contribution in [-0.4, -0.2) is 73.2 Å². The maximum atomic E-state index is 12.0. The molecule has 0 bridgehead atoms. The van der Waals surface area contributed by atoms with Crippen LogP contribution in [0.1, 0.15) is 27.5 Å². The predicted molar refractivity (Wildman–Crippen MR) is 112 cm³/mol. The number of carbonyl (C=O) groups is 1. The lowest BCUT2D eigenvalue weighted by molar-refractivity contribution is 0.0827. The number of hydrogen-bond donors (Lipinski definition) is 2. The molecule has 0 aliphatic carbocycles. The van der Waals surface area contributed by atoms with Gasteiger partial charge in [-0.05, 0) is 31.8 Å². The standard InChI is InChI=1S/C20H31N7O/c1-21-20(23-13-18(25(2)3)17-12-24-27(6)14-17)22-11-15-7-9-16(10-8-15)19(28)26(4)5/h7-10,12,14,18H,11,13H2,1-6H3,(H2,21,22,23). The lowest BCUT2D eigenvalue weighted by Crippen LogP contribution is -2.41. The molecule has 1 heterocycles. The van der Waals surface area contributed by atoms with Gasteiger partial charge in [0.25, 0.3) is 5.91 Å². The smallest absolute Gasteiger partial charge is 0.253 e. The second-order valence-corrected chi connectivity index (χ2v) is 7.13. The Morgan fingerprint density at radius 1 is 1.18 bits per heavy atom. The van der Waals surface area contributed by atoms with E-state index in [9.17, 15) is 4.79 Å². The number of benzene rings is 1. The summed E-state index contributed by atoms with van der Waals surface area (Å²) in [6.07, 6.45) is 3.91. The quantitative estimate of drug-likeness (QED) is 0.551. The largest absolute Gasteiger partial charge is 0.354 e. The molecule has 2 aromatic rings. The Hall–Kier alpha value is -2.87. The number of aromatic nitrogens is 2. The van der Waals surface area contributed by atoms with Crippen molar-refractivity contribution >= 4 is 11.9 Å². The van der Waals surface area contributed by atoms with Gasteiger partial charge in [0.05, 0.1) is 12.2 Å². The molecule has 1 aromatic carbocycles. The number of nitrogens with one attached hydrogen (secondary N) is 2. The lowest BCUT2D eigenvalue weighted by atomic mass is 10.1. The van der Waals surface area contributed by atoms with E-state index in [2.05, 4.69) is 25.6 Å². The molecule has 2 N–H and O–H groups in total. The Kier molecular flexibility index (Phi) is 7.57. The fraction of sp³-hybridized carbons (Fsp3) is 0.450. The van der Waals surface area contributed by atoms with Crippen LogP contribution in [0.25, 0.3) is 0 Å². The topological polar surface area (TPSA) is 77.8 Å². The first kappa shape index (κ1) is 21.4. The molecule has 0 aliphatic heterocycles. The van der Waals surface area contributed by atoms with E-state index >= 15 is 0 Å². The molecule has 1 amide bonds. The zero-order valence-corrected chi connectivity index (χ0v) is 17.6. The molecule has 1 atom stereocenters. The number of nitrogens with zero attached hydrogens (tertiary/aromatic N) is 5. The van der Waals surface area contributed by atoms with Gasteiger partial charge in [-0.3, -0.25) is 14.5 Å². The zero-order valence-electron chi connectivity index (χ0n) is 17.6. The summed E-state index contributed by atoms with van der Waals surface area (Å²) in [6.45, 7) is 1.32. The number of aliphatic imine (C=N–C) groups is 1. The van der Waals surface area contributed by atoms with Gasteiger partial charge in [0.1, 0.15) is 0 Å². The van der Waals surface area contributed by atoms with Crippen LogP contribution < -0.4 is 10.6 Å². The summed E-state index contributed by atoms with van der Waals surface area (Å²) >= 11 is 0. The van der Waals surface area contributed by atoms with Crippen LogP contribution in [0.2, 0.25) is 0 Å². The van der Waals surface area contributed by atoms with Gasteiger partial charge in [0.2, 0.25) is 0 Å². The van der Waals surface area contributed by atoms with Crippen molar-refractivity contribution in [2.75, 3.05) is 41.8 Å². The van der Waals surface area contributed by atoms with E-state index < -0.39 is 0 Å². The molecule has 0 saturated heterocycles. The summed E-state index contributed by atoms with van der Waals surface area (Å²) in [7, 11) is 11.3. The third-order valence-corrected chi connectivity index (χ3v) is 4.49. The molecule has 8 heteroatoms. The minimum absolute atomic E-state index is 0.00196. The van der Waals surface area contributed by atoms with Crippen LogP contribution in [-0.2, 0) is 13.6 Å². The van der Waals surface area contributed by atoms with Gasteiger partial charge in [-0.15, -0.1) is 0 Å². The summed E-state index contributed by atoms with van der Waals surface area (Å²) in [5.74, 6) is 0.728. The molecule has 0 radical (unpaired) electrons. The number of aryl methyl sites for hydroxylation is 1. The summed E-state index contributed by atoms with van der Waals surface area (Å²) in [4.78, 5) is 20.0. The highest BCUT2D eigenvalue weighted by Gasteiger charge is 2.16. The number of hydrogen-bond acceptors (Lipinski definition) is 4. The van der Waals surface area contributed by atoms with Gasteiger partial charge in [-0.1, -0.05) is 12.1 Å². The molecule has 8 nitrogen and oxygen atoms in total. The summed E-state index contributed by atoms with van der Waals surface area (Å²) < 4.78 is 1.81. The fourth-order valence-electron chi connectivity index (χ4n) is 2.83. The molecular weight excluding hydrogens is 354 g/mol. The third-order valence-electron chi connectivity index (χ3n) is 4.49. The molecule has 1 unspecified atom stereocenters. The maximum absolute atomic E-state index is 12.0. The first-order valence-corrected chi connectivity index (χ1v) is 9.22. The molecule has 28 heavy (non-hydrogen) atoms. The van der Waals surface area contributed by atoms with Crippen molar-refractivity contribution in [3.63, 3.8) is 0 Å². The molecule has 0 saturated carbocycles. The van der Waals surface area contributed by atoms with Crippen molar-refractivity contribution in [3.8, 4) is 0 Å². The van der Waals surface area contributed by atoms with E-state index in [0.29, 0.717) is 18.7 Å². The molecule has 0 aliphatic rings. The van der Waals surface area contributed by atoms with Gasteiger partial charge in [-0.25, -0.2) is 0 Å². The van der Waals surface area contributed by atoms with Gasteiger partial charge in [0, 0.05) is 58.6 Å². The van der Waals surface area contributed by atoms with Gasteiger partial charge < -0.3 is 20.4 Å². The number of likely N-dealkylation sites (N-methyl/N-ethyl adjacent to an activating group) is 1. The van der Waals surface area contributed by atoms with E-state index in [1.807, 2.05) is 62.5 Å². The van der Waals surface area contributed by atoms with E-state index in [4.69, 9.17) is 0 Å². The maximum Gasteiger partial charge on any atom is 0.253 e. The minimum atomic E-state index is 0.00196. The van der Waals surface area contributed by atoms with E-state index in [0.717, 1.165) is 17.1 Å². The summed E-state index contributed by atoms with van der Waals surface area (Å²) in [6, 6.07) is 7.79. The Morgan fingerprint density at radius 3 is 2.36 bits per heavy atom. The SMILES string of the molecule is CN=C(NCc1ccc(C(=O)N(C)C)cc1)NCC(c1cnn(C)c1)N(C)C. The third kappa shape index (κ3) is 5.82. The Bertz CT molecular complexity index is 793. The average Bonchev–Trinajstić information content (AvgIpc) is 3.09. The minimum Gasteiger partial charge on any atom is -0.354 e. The lowest BCUT2D eigenvalue weighted by Gasteiger charge is -2.24. The van der Waals surface area contributed by atoms with Crippen LogP contribution in [0.3, 0.4) is 0 Å². The van der Waals surface area contributed by atoms with Crippen molar-refractivity contribution in [2.24, 2.45) is 12.0 Å². The van der Waals surface area contributed by atoms with E-state index in [1.165, 1.54) is 0 Å². The molecule has 0 fully saturated rings. The second-order valence-electron chi connectivity index (χ2n) is 7.13. The molecule has 2 rings (SSSR count). The predicted octanol–water partition coefficient (Wildman–Crippen LogP) is 1.09. The number of guanidine groups is 1. The fourth-order valence-corrected chi connectivity index (χ4v) is 2.83. The number of amides is 1. The first-order valence-electron chi connectivity index (χ1n) is 9.22. The molecule has 1 aromatic heterocycles. The van der Waals surface area contributed by atoms with Crippen LogP contribution >= 0.6 is 0 Å². The van der Waals surface area contributed by atoms with Crippen molar-refractivity contribution < 1.29 is 4.79 Å². The van der Waals surface area contributed by atoms with E-state index in [1.54, 1.807) is 26.0 Å². The van der Waals surface area contributed by atoms with Crippen molar-refractivity contribution in [1.82, 2.24) is 30.2 Å². The van der Waals surface area contributed by atoms with Crippen molar-refractivity contribution in [2.45, 2.75) is 12.6 Å². The molecule has 0 spiro atoms. The van der Waals surface area contributed by atoms with Gasteiger partial charge in [0.15, 0.2) is 5.96 Å². The summed E-state index contributed by atoms with van der Waals surface area (Å²) in [5.41, 5.74) is 2.91. The van der Waals surface area contributed by atoms with Crippen LogP contribution in [0.5, 0.6) is 0 Å². The monoisotopic (exact) mass is 385 g/mol. The zero-order chi connectivity index (χ0) is 20.7. The molecular formula is C20H31N7O. The van der Waals surface area contributed by atoms with Crippen LogP contribution in [0.4, 0.5) is 0 Å². The van der Waals surface area contributed by atoms with E-state index in [-0.39, 0.29) is 11.9 Å². The van der Waals surface area contributed by atoms with Crippen molar-refractivity contribution in [3.05, 3.63) is 53.3 Å². The highest BCUT2D eigenvalue weighted by atomic mass is 16.2. The number of rotatable bonds is 7. The Balaban J connectivity index is 1.91. The van der Waals surface area contributed by atoms with Gasteiger partial charge in [-0.2, -0.15) is 5.10 Å². The highest BCUT2D eigenvalue weighted by molar-refractivity contribution is 5.93. The molecule has 152 valence electrons. The van der Waals surface area contributed by atoms with Crippen molar-refractivity contribution in [1.29, 1.82) is 0 Å². The number of carbonyl (C=O) groups excluding carboxylic acids is 1. The second kappa shape index (κ2) is 9.89. The van der Waals surface area contributed by atoms with Crippen LogP contribution in [0, 0.1) is 0 Å². The first-order chi connectivity index (χ1) is 13.3. The van der Waals surface area contributed by atoms with Gasteiger partial charge >= 0.3 is 0 Å².